The van der Waals surface area contributed by atoms with Crippen LogP contribution in [0.4, 0.5) is 0 Å². The highest BCUT2D eigenvalue weighted by molar-refractivity contribution is 6.69. The maximum Gasteiger partial charge on any atom is 0.184 e. The number of hydrogen-bond donors (Lipinski definition) is 0. The van der Waals surface area contributed by atoms with E-state index in [0.717, 1.165) is 0 Å². The van der Waals surface area contributed by atoms with Crippen LogP contribution in [0, 0.1) is 5.41 Å². The lowest BCUT2D eigenvalue weighted by Crippen LogP contribution is -2.61. The molecule has 3 heteroatoms. The van der Waals surface area contributed by atoms with Crippen LogP contribution >= 0.6 is 0 Å². The summed E-state index contributed by atoms with van der Waals surface area (Å²) in [7, 11) is -1.62. The summed E-state index contributed by atoms with van der Waals surface area (Å²) in [5.41, 5.74) is -0.686. The van der Waals surface area contributed by atoms with E-state index in [2.05, 4.69) is 73.3 Å². The molecule has 0 aliphatic carbocycles. The minimum Gasteiger partial charge on any atom is -0.409 e. The third kappa shape index (κ3) is 2.89. The Labute approximate surface area is 114 Å². The van der Waals surface area contributed by atoms with Crippen LogP contribution in [0.5, 0.6) is 0 Å². The minimum absolute atomic E-state index is 0.00257. The highest BCUT2D eigenvalue weighted by Gasteiger charge is 2.56. The van der Waals surface area contributed by atoms with E-state index < -0.39 is 8.32 Å². The van der Waals surface area contributed by atoms with Gasteiger partial charge in [-0.1, -0.05) is 32.9 Å². The Morgan fingerprint density at radius 3 is 1.89 bits per heavy atom. The number of ether oxygens (including phenoxy) is 1. The van der Waals surface area contributed by atoms with Gasteiger partial charge in [0.05, 0.1) is 11.7 Å². The molecule has 1 heterocycles. The first-order valence-corrected chi connectivity index (χ1v) is 10.3. The fourth-order valence-corrected chi connectivity index (χ4v) is 4.84. The summed E-state index contributed by atoms with van der Waals surface area (Å²) in [5.74, 6) is 0. The van der Waals surface area contributed by atoms with Gasteiger partial charge in [0, 0.05) is 0 Å². The van der Waals surface area contributed by atoms with Crippen LogP contribution < -0.4 is 0 Å². The molecule has 2 atom stereocenters. The summed E-state index contributed by atoms with van der Waals surface area (Å²) in [6, 6.07) is 0. The standard InChI is InChI=1S/C15H30O2Si/c1-12-10-11-15(16-12,13(2,3)4)14(5,6)17-18(7,8)9/h10-12H,1-9H3. The first-order valence-electron chi connectivity index (χ1n) is 6.88. The molecule has 0 aromatic carbocycles. The molecule has 0 amide bonds. The van der Waals surface area contributed by atoms with Gasteiger partial charge in [-0.05, 0) is 45.8 Å². The van der Waals surface area contributed by atoms with Crippen molar-refractivity contribution in [1.82, 2.24) is 0 Å². The molecule has 18 heavy (non-hydrogen) atoms. The van der Waals surface area contributed by atoms with E-state index in [1.807, 2.05) is 0 Å². The van der Waals surface area contributed by atoms with Gasteiger partial charge >= 0.3 is 0 Å². The lowest BCUT2D eigenvalue weighted by Gasteiger charge is -2.53. The van der Waals surface area contributed by atoms with Gasteiger partial charge < -0.3 is 9.16 Å². The summed E-state index contributed by atoms with van der Waals surface area (Å²) < 4.78 is 12.8. The monoisotopic (exact) mass is 270 g/mol. The predicted molar refractivity (Wildman–Crippen MR) is 80.4 cm³/mol. The molecule has 0 aromatic rings. The molecule has 0 saturated heterocycles. The Morgan fingerprint density at radius 2 is 1.61 bits per heavy atom. The molecule has 106 valence electrons. The molecule has 2 nitrogen and oxygen atoms in total. The summed E-state index contributed by atoms with van der Waals surface area (Å²) in [6.45, 7) is 19.8. The smallest absolute Gasteiger partial charge is 0.184 e. The lowest BCUT2D eigenvalue weighted by molar-refractivity contribution is -0.182. The van der Waals surface area contributed by atoms with E-state index in [4.69, 9.17) is 9.16 Å². The summed E-state index contributed by atoms with van der Waals surface area (Å²) >= 11 is 0. The highest BCUT2D eigenvalue weighted by Crippen LogP contribution is 2.49. The van der Waals surface area contributed by atoms with Crippen molar-refractivity contribution in [3.63, 3.8) is 0 Å². The number of rotatable bonds is 3. The second-order valence-corrected chi connectivity index (χ2v) is 12.3. The van der Waals surface area contributed by atoms with Gasteiger partial charge in [0.15, 0.2) is 8.32 Å². The second kappa shape index (κ2) is 4.46. The Kier molecular flexibility index (Phi) is 3.95. The minimum atomic E-state index is -1.62. The fourth-order valence-electron chi connectivity index (χ4n) is 3.16. The van der Waals surface area contributed by atoms with Gasteiger partial charge in [-0.25, -0.2) is 0 Å². The van der Waals surface area contributed by atoms with Crippen molar-refractivity contribution >= 4 is 8.32 Å². The first-order chi connectivity index (χ1) is 7.81. The molecular formula is C15H30O2Si. The average Bonchev–Trinajstić information content (AvgIpc) is 2.42. The van der Waals surface area contributed by atoms with Crippen LogP contribution in [0.1, 0.15) is 41.5 Å². The third-order valence-corrected chi connectivity index (χ3v) is 4.67. The van der Waals surface area contributed by atoms with E-state index in [1.54, 1.807) is 0 Å². The van der Waals surface area contributed by atoms with E-state index in [-0.39, 0.29) is 22.7 Å². The molecule has 0 N–H and O–H groups in total. The Hall–Kier alpha value is -0.123. The molecular weight excluding hydrogens is 240 g/mol. The van der Waals surface area contributed by atoms with Crippen LogP contribution in [0.25, 0.3) is 0 Å². The van der Waals surface area contributed by atoms with E-state index in [0.29, 0.717) is 0 Å². The van der Waals surface area contributed by atoms with Crippen molar-refractivity contribution in [3.05, 3.63) is 12.2 Å². The maximum atomic E-state index is 6.45. The predicted octanol–water partition coefficient (Wildman–Crippen LogP) is 4.38. The fraction of sp³-hybridized carbons (Fsp3) is 0.867. The molecule has 1 aliphatic heterocycles. The topological polar surface area (TPSA) is 18.5 Å². The van der Waals surface area contributed by atoms with Gasteiger partial charge in [-0.15, -0.1) is 0 Å². The second-order valence-electron chi connectivity index (χ2n) is 7.89. The first kappa shape index (κ1) is 15.9. The van der Waals surface area contributed by atoms with Crippen molar-refractivity contribution in [2.24, 2.45) is 5.41 Å². The Balaban J connectivity index is 3.18. The molecule has 0 fully saturated rings. The highest BCUT2D eigenvalue weighted by atomic mass is 28.4. The third-order valence-electron chi connectivity index (χ3n) is 3.54. The van der Waals surface area contributed by atoms with Crippen molar-refractivity contribution in [1.29, 1.82) is 0 Å². The van der Waals surface area contributed by atoms with Crippen LogP contribution in [0.15, 0.2) is 12.2 Å². The van der Waals surface area contributed by atoms with Crippen molar-refractivity contribution in [2.45, 2.75) is 78.5 Å². The molecule has 1 rings (SSSR count). The Morgan fingerprint density at radius 1 is 1.11 bits per heavy atom. The zero-order chi connectivity index (χ0) is 14.4. The van der Waals surface area contributed by atoms with E-state index in [9.17, 15) is 0 Å². The van der Waals surface area contributed by atoms with Gasteiger partial charge in [0.2, 0.25) is 0 Å². The molecule has 0 aromatic heterocycles. The zero-order valence-electron chi connectivity index (χ0n) is 13.5. The van der Waals surface area contributed by atoms with Gasteiger partial charge in [-0.2, -0.15) is 0 Å². The largest absolute Gasteiger partial charge is 0.409 e. The van der Waals surface area contributed by atoms with Gasteiger partial charge in [-0.3, -0.25) is 0 Å². The Bertz CT molecular complexity index is 333. The molecule has 0 bridgehead atoms. The maximum absolute atomic E-state index is 6.45. The van der Waals surface area contributed by atoms with Gasteiger partial charge in [0.1, 0.15) is 5.60 Å². The molecule has 1 aliphatic rings. The number of hydrogen-bond acceptors (Lipinski definition) is 2. The van der Waals surface area contributed by atoms with E-state index in [1.165, 1.54) is 0 Å². The summed E-state index contributed by atoms with van der Waals surface area (Å²) in [5, 5.41) is 0. The van der Waals surface area contributed by atoms with Crippen LogP contribution in [-0.2, 0) is 9.16 Å². The normalized spacial score (nSPS) is 29.9. The summed E-state index contributed by atoms with van der Waals surface area (Å²) in [6.07, 6.45) is 4.53. The molecule has 2 unspecified atom stereocenters. The lowest BCUT2D eigenvalue weighted by atomic mass is 9.68. The van der Waals surface area contributed by atoms with Crippen molar-refractivity contribution in [2.75, 3.05) is 0 Å². The van der Waals surface area contributed by atoms with Crippen molar-refractivity contribution in [3.8, 4) is 0 Å². The van der Waals surface area contributed by atoms with Crippen molar-refractivity contribution < 1.29 is 9.16 Å². The quantitative estimate of drug-likeness (QED) is 0.560. The van der Waals surface area contributed by atoms with Crippen LogP contribution in [0.2, 0.25) is 19.6 Å². The van der Waals surface area contributed by atoms with Crippen LogP contribution in [0.3, 0.4) is 0 Å². The molecule has 0 saturated carbocycles. The van der Waals surface area contributed by atoms with Crippen LogP contribution in [-0.4, -0.2) is 25.6 Å². The summed E-state index contributed by atoms with van der Waals surface area (Å²) in [4.78, 5) is 0. The van der Waals surface area contributed by atoms with E-state index >= 15 is 0 Å². The molecule has 0 radical (unpaired) electrons. The zero-order valence-corrected chi connectivity index (χ0v) is 14.5. The molecule has 0 spiro atoms. The average molecular weight is 270 g/mol. The van der Waals surface area contributed by atoms with Gasteiger partial charge in [0.25, 0.3) is 0 Å². The SMILES string of the molecule is CC1C=CC(C(C)(C)C)(C(C)(C)O[Si](C)(C)C)O1.